The van der Waals surface area contributed by atoms with Crippen molar-refractivity contribution in [1.82, 2.24) is 0 Å². The molecule has 0 bridgehead atoms. The zero-order chi connectivity index (χ0) is 13.2. The Labute approximate surface area is 111 Å². The van der Waals surface area contributed by atoms with E-state index in [0.717, 1.165) is 17.0 Å². The van der Waals surface area contributed by atoms with E-state index < -0.39 is 6.23 Å². The predicted octanol–water partition coefficient (Wildman–Crippen LogP) is 2.98. The molecule has 1 aliphatic heterocycles. The van der Waals surface area contributed by atoms with Gasteiger partial charge in [0, 0.05) is 11.3 Å². The molecule has 0 spiro atoms. The fraction of sp³-hybridized carbons (Fsp3) is 0.133. The molecule has 0 unspecified atom stereocenters. The number of carbonyl (C=O) groups excluding carboxylic acids is 1. The summed E-state index contributed by atoms with van der Waals surface area (Å²) in [6, 6.07) is 14.9. The molecular formula is C15H13NO3. The number of methoxy groups -OCH3 is 1. The highest BCUT2D eigenvalue weighted by Gasteiger charge is 2.30. The van der Waals surface area contributed by atoms with Gasteiger partial charge in [-0.05, 0) is 30.3 Å². The second-order valence-corrected chi connectivity index (χ2v) is 4.25. The second-order valence-electron chi connectivity index (χ2n) is 4.25. The Hall–Kier alpha value is -2.49. The molecule has 0 saturated carbocycles. The number of esters is 1. The Balaban J connectivity index is 1.83. The summed E-state index contributed by atoms with van der Waals surface area (Å²) in [5.41, 5.74) is 2.35. The van der Waals surface area contributed by atoms with E-state index in [9.17, 15) is 4.79 Å². The third-order valence-electron chi connectivity index (χ3n) is 3.08. The molecule has 3 rings (SSSR count). The summed E-state index contributed by atoms with van der Waals surface area (Å²) in [5.74, 6) is 0.496. The monoisotopic (exact) mass is 255 g/mol. The van der Waals surface area contributed by atoms with Crippen molar-refractivity contribution in [3.05, 3.63) is 59.7 Å². The fourth-order valence-electron chi connectivity index (χ4n) is 2.09. The summed E-state index contributed by atoms with van der Waals surface area (Å²) < 4.78 is 10.4. The molecular weight excluding hydrogens is 242 g/mol. The number of hydrogen-bond donors (Lipinski definition) is 1. The lowest BCUT2D eigenvalue weighted by Crippen LogP contribution is -2.10. The molecule has 0 saturated heterocycles. The van der Waals surface area contributed by atoms with Gasteiger partial charge in [0.1, 0.15) is 5.75 Å². The van der Waals surface area contributed by atoms with Gasteiger partial charge >= 0.3 is 5.97 Å². The van der Waals surface area contributed by atoms with Crippen molar-refractivity contribution in [3.8, 4) is 5.75 Å². The number of anilines is 1. The van der Waals surface area contributed by atoms with Crippen LogP contribution in [0.25, 0.3) is 0 Å². The first-order chi connectivity index (χ1) is 9.28. The average Bonchev–Trinajstić information content (AvgIpc) is 2.77. The fourth-order valence-corrected chi connectivity index (χ4v) is 2.09. The maximum Gasteiger partial charge on any atom is 0.340 e. The Morgan fingerprint density at radius 3 is 2.58 bits per heavy atom. The van der Waals surface area contributed by atoms with E-state index in [-0.39, 0.29) is 5.97 Å². The lowest BCUT2D eigenvalue weighted by atomic mass is 10.1. The standard InChI is InChI=1S/C15H13NO3/c1-18-11-8-6-10(7-9-11)16-14-12-4-2-3-5-13(12)15(17)19-14/h2-9,14,16H,1H3/t14-/m0/s1. The molecule has 1 aliphatic rings. The van der Waals surface area contributed by atoms with Crippen molar-refractivity contribution in [2.24, 2.45) is 0 Å². The molecule has 19 heavy (non-hydrogen) atoms. The number of hydrogen-bond acceptors (Lipinski definition) is 4. The summed E-state index contributed by atoms with van der Waals surface area (Å²) in [5, 5.41) is 3.18. The number of ether oxygens (including phenoxy) is 2. The highest BCUT2D eigenvalue weighted by Crippen LogP contribution is 2.31. The van der Waals surface area contributed by atoms with Crippen molar-refractivity contribution in [1.29, 1.82) is 0 Å². The van der Waals surface area contributed by atoms with Crippen LogP contribution in [-0.2, 0) is 4.74 Å². The molecule has 0 fully saturated rings. The summed E-state index contributed by atoms with van der Waals surface area (Å²) >= 11 is 0. The predicted molar refractivity (Wildman–Crippen MR) is 71.2 cm³/mol. The first kappa shape index (κ1) is 11.6. The zero-order valence-electron chi connectivity index (χ0n) is 10.4. The van der Waals surface area contributed by atoms with Crippen LogP contribution >= 0.6 is 0 Å². The molecule has 0 aromatic heterocycles. The third kappa shape index (κ3) is 2.12. The van der Waals surface area contributed by atoms with Gasteiger partial charge in [0.15, 0.2) is 0 Å². The van der Waals surface area contributed by atoms with Gasteiger partial charge in [-0.1, -0.05) is 18.2 Å². The molecule has 1 atom stereocenters. The van der Waals surface area contributed by atoms with Crippen LogP contribution in [0.4, 0.5) is 5.69 Å². The van der Waals surface area contributed by atoms with Crippen LogP contribution in [-0.4, -0.2) is 13.1 Å². The Kier molecular flexibility index (Phi) is 2.83. The van der Waals surface area contributed by atoms with Crippen LogP contribution in [0.3, 0.4) is 0 Å². The van der Waals surface area contributed by atoms with Crippen molar-refractivity contribution in [3.63, 3.8) is 0 Å². The second kappa shape index (κ2) is 4.65. The van der Waals surface area contributed by atoms with Crippen LogP contribution in [0.1, 0.15) is 22.1 Å². The third-order valence-corrected chi connectivity index (χ3v) is 3.08. The van der Waals surface area contributed by atoms with E-state index in [0.29, 0.717) is 5.56 Å². The highest BCUT2D eigenvalue weighted by atomic mass is 16.6. The lowest BCUT2D eigenvalue weighted by Gasteiger charge is -2.14. The molecule has 1 heterocycles. The van der Waals surface area contributed by atoms with Crippen LogP contribution in [0, 0.1) is 0 Å². The maximum absolute atomic E-state index is 11.7. The van der Waals surface area contributed by atoms with Crippen LogP contribution in [0.15, 0.2) is 48.5 Å². The van der Waals surface area contributed by atoms with Gasteiger partial charge in [-0.3, -0.25) is 0 Å². The van der Waals surface area contributed by atoms with Gasteiger partial charge in [0.05, 0.1) is 12.7 Å². The van der Waals surface area contributed by atoms with E-state index >= 15 is 0 Å². The van der Waals surface area contributed by atoms with Gasteiger partial charge in [0.25, 0.3) is 0 Å². The van der Waals surface area contributed by atoms with Crippen LogP contribution in [0.2, 0.25) is 0 Å². The minimum atomic E-state index is -0.433. The number of carbonyl (C=O) groups is 1. The first-order valence-electron chi connectivity index (χ1n) is 5.98. The quantitative estimate of drug-likeness (QED) is 0.856. The topological polar surface area (TPSA) is 47.6 Å². The average molecular weight is 255 g/mol. The lowest BCUT2D eigenvalue weighted by molar-refractivity contribution is 0.0437. The Morgan fingerprint density at radius 2 is 1.84 bits per heavy atom. The molecule has 2 aromatic rings. The first-order valence-corrected chi connectivity index (χ1v) is 5.98. The van der Waals surface area contributed by atoms with E-state index in [4.69, 9.17) is 9.47 Å². The molecule has 1 N–H and O–H groups in total. The van der Waals surface area contributed by atoms with Gasteiger partial charge in [-0.2, -0.15) is 0 Å². The highest BCUT2D eigenvalue weighted by molar-refractivity contribution is 5.94. The molecule has 4 heteroatoms. The summed E-state index contributed by atoms with van der Waals surface area (Å²) in [6.45, 7) is 0. The van der Waals surface area contributed by atoms with Gasteiger partial charge in [-0.15, -0.1) is 0 Å². The normalized spacial score (nSPS) is 16.7. The van der Waals surface area contributed by atoms with Gasteiger partial charge < -0.3 is 14.8 Å². The van der Waals surface area contributed by atoms with Gasteiger partial charge in [-0.25, -0.2) is 4.79 Å². The molecule has 2 aromatic carbocycles. The minimum Gasteiger partial charge on any atom is -0.497 e. The maximum atomic E-state index is 11.7. The van der Waals surface area contributed by atoms with E-state index in [1.54, 1.807) is 13.2 Å². The van der Waals surface area contributed by atoms with Crippen molar-refractivity contribution < 1.29 is 14.3 Å². The van der Waals surface area contributed by atoms with Gasteiger partial charge in [0.2, 0.25) is 6.23 Å². The Morgan fingerprint density at radius 1 is 1.11 bits per heavy atom. The van der Waals surface area contributed by atoms with Crippen molar-refractivity contribution >= 4 is 11.7 Å². The minimum absolute atomic E-state index is 0.290. The van der Waals surface area contributed by atoms with Crippen molar-refractivity contribution in [2.45, 2.75) is 6.23 Å². The molecule has 96 valence electrons. The van der Waals surface area contributed by atoms with E-state index in [1.165, 1.54) is 0 Å². The zero-order valence-corrected chi connectivity index (χ0v) is 10.4. The number of fused-ring (bicyclic) bond motifs is 1. The summed E-state index contributed by atoms with van der Waals surface area (Å²) in [6.07, 6.45) is -0.433. The van der Waals surface area contributed by atoms with E-state index in [2.05, 4.69) is 5.32 Å². The largest absolute Gasteiger partial charge is 0.497 e. The van der Waals surface area contributed by atoms with Crippen LogP contribution in [0.5, 0.6) is 5.75 Å². The molecule has 0 radical (unpaired) electrons. The van der Waals surface area contributed by atoms with Crippen LogP contribution < -0.4 is 10.1 Å². The summed E-state index contributed by atoms with van der Waals surface area (Å²) in [4.78, 5) is 11.7. The summed E-state index contributed by atoms with van der Waals surface area (Å²) in [7, 11) is 1.62. The van der Waals surface area contributed by atoms with E-state index in [1.807, 2.05) is 42.5 Å². The SMILES string of the molecule is COc1ccc(N[C@H]2OC(=O)c3ccccc32)cc1. The molecule has 4 nitrogen and oxygen atoms in total. The number of nitrogens with one attached hydrogen (secondary N) is 1. The molecule has 0 amide bonds. The smallest absolute Gasteiger partial charge is 0.340 e. The Bertz CT molecular complexity index is 607. The number of rotatable bonds is 3. The molecule has 0 aliphatic carbocycles. The number of cyclic esters (lactones) is 1. The number of benzene rings is 2. The van der Waals surface area contributed by atoms with Crippen molar-refractivity contribution in [2.75, 3.05) is 12.4 Å².